The molecule has 0 aromatic heterocycles. The molecule has 0 aromatic carbocycles. The number of carboxylic acid groups (broad SMARTS) is 1. The molecule has 30 heavy (non-hydrogen) atoms. The zero-order valence-electron chi connectivity index (χ0n) is 17.8. The fraction of sp³-hybridized carbons (Fsp3) is 0.700. The fourth-order valence-electron chi connectivity index (χ4n) is 4.81. The molecule has 0 aromatic rings. The zero-order chi connectivity index (χ0) is 22.3. The molecule has 2 amide bonds. The van der Waals surface area contributed by atoms with Gasteiger partial charge in [0.1, 0.15) is 11.5 Å². The van der Waals surface area contributed by atoms with Crippen LogP contribution in [-0.4, -0.2) is 83.0 Å². The third kappa shape index (κ3) is 3.88. The lowest BCUT2D eigenvalue weighted by atomic mass is 9.73. The summed E-state index contributed by atoms with van der Waals surface area (Å²) in [6.45, 7) is 4.33. The summed E-state index contributed by atoms with van der Waals surface area (Å²) in [5, 5.41) is 13.1. The molecule has 0 unspecified atom stereocenters. The van der Waals surface area contributed by atoms with Crippen LogP contribution in [0.5, 0.6) is 0 Å². The van der Waals surface area contributed by atoms with Crippen molar-refractivity contribution < 1.29 is 24.3 Å². The van der Waals surface area contributed by atoms with E-state index in [0.29, 0.717) is 17.9 Å². The molecule has 10 heteroatoms. The largest absolute Gasteiger partial charge is 0.477 e. The summed E-state index contributed by atoms with van der Waals surface area (Å²) < 4.78 is 0. The number of likely N-dealkylation sites (N-methyl/N-ethyl adjacent to an activating group) is 1. The van der Waals surface area contributed by atoms with Gasteiger partial charge in [0.2, 0.25) is 11.8 Å². The summed E-state index contributed by atoms with van der Waals surface area (Å²) in [5.74, 6) is -2.16. The minimum atomic E-state index is -1.11. The Bertz CT molecular complexity index is 798. The smallest absolute Gasteiger partial charge is 0.353 e. The van der Waals surface area contributed by atoms with Gasteiger partial charge in [-0.15, -0.1) is 11.8 Å². The Morgan fingerprint density at radius 3 is 2.60 bits per heavy atom. The number of nitrogens with one attached hydrogen (secondary N) is 1. The van der Waals surface area contributed by atoms with Crippen molar-refractivity contribution in [2.24, 2.45) is 23.5 Å². The number of ketones is 1. The van der Waals surface area contributed by atoms with Crippen LogP contribution in [0.3, 0.4) is 0 Å². The highest BCUT2D eigenvalue weighted by Gasteiger charge is 2.60. The maximum atomic E-state index is 12.8. The van der Waals surface area contributed by atoms with Gasteiger partial charge in [-0.25, -0.2) is 4.79 Å². The Hall–Kier alpha value is -1.91. The standard InChI is InChI=1S/C20H30N4O5S/c1-9(5-11(25)7-21)14-15-10(2)17(16(20(28)29)24(15)19(14)27)30-12-6-13(22-8-12)18(26)23(3)4/h9-10,12-15,22H,5-8,21H2,1-4H3,(H,28,29)/t9-,10+,12-,13-,14+,15+/m0/s1. The van der Waals surface area contributed by atoms with Crippen LogP contribution in [0, 0.1) is 17.8 Å². The highest BCUT2D eigenvalue weighted by atomic mass is 32.2. The van der Waals surface area contributed by atoms with Crippen molar-refractivity contribution >= 4 is 35.3 Å². The normalized spacial score (nSPS) is 31.4. The molecule has 3 aliphatic heterocycles. The second kappa shape index (κ2) is 8.68. The molecule has 3 aliphatic rings. The predicted octanol–water partition coefficient (Wildman–Crippen LogP) is -0.135. The Kier molecular flexibility index (Phi) is 6.59. The van der Waals surface area contributed by atoms with Gasteiger partial charge in [-0.1, -0.05) is 13.8 Å². The van der Waals surface area contributed by atoms with Gasteiger partial charge >= 0.3 is 5.97 Å². The van der Waals surface area contributed by atoms with Crippen LogP contribution in [0.1, 0.15) is 26.7 Å². The van der Waals surface area contributed by atoms with Crippen LogP contribution in [0.15, 0.2) is 10.6 Å². The van der Waals surface area contributed by atoms with Crippen LogP contribution in [0.4, 0.5) is 0 Å². The Morgan fingerprint density at radius 2 is 2.03 bits per heavy atom. The van der Waals surface area contributed by atoms with Crippen molar-refractivity contribution in [3.63, 3.8) is 0 Å². The second-order valence-electron chi connectivity index (χ2n) is 8.62. The maximum Gasteiger partial charge on any atom is 0.353 e. The average Bonchev–Trinajstić information content (AvgIpc) is 3.23. The molecule has 3 rings (SSSR count). The third-order valence-corrected chi connectivity index (χ3v) is 7.82. The summed E-state index contributed by atoms with van der Waals surface area (Å²) in [7, 11) is 3.42. The lowest BCUT2D eigenvalue weighted by molar-refractivity contribution is -0.160. The van der Waals surface area contributed by atoms with Crippen molar-refractivity contribution in [2.45, 2.75) is 44.0 Å². The number of aliphatic carboxylic acids is 1. The minimum absolute atomic E-state index is 0.00228. The molecule has 166 valence electrons. The van der Waals surface area contributed by atoms with Crippen LogP contribution in [0.2, 0.25) is 0 Å². The number of hydrogen-bond donors (Lipinski definition) is 3. The number of amides is 2. The molecular weight excluding hydrogens is 408 g/mol. The molecule has 2 fully saturated rings. The van der Waals surface area contributed by atoms with Crippen LogP contribution >= 0.6 is 11.8 Å². The van der Waals surface area contributed by atoms with E-state index in [0.717, 1.165) is 0 Å². The SMILES string of the molecule is C[C@@H](CC(=O)CN)[C@H]1C(=O)N2C(C(=O)O)=C(S[C@@H]3CN[C@H](C(=O)N(C)C)C3)[C@H](C)[C@H]12. The number of thioether (sulfide) groups is 1. The molecule has 6 atom stereocenters. The van der Waals surface area contributed by atoms with E-state index in [9.17, 15) is 24.3 Å². The first-order valence-corrected chi connectivity index (χ1v) is 11.1. The number of carbonyl (C=O) groups is 4. The maximum absolute atomic E-state index is 12.8. The van der Waals surface area contributed by atoms with Gasteiger partial charge in [-0.2, -0.15) is 0 Å². The number of nitrogens with zero attached hydrogens (tertiary/aromatic N) is 2. The quantitative estimate of drug-likeness (QED) is 0.446. The lowest BCUT2D eigenvalue weighted by Crippen LogP contribution is -2.62. The number of rotatable bonds is 8. The number of Topliss-reactive ketones (excluding diaryl/α,β-unsaturated/α-hetero) is 1. The molecule has 0 aliphatic carbocycles. The van der Waals surface area contributed by atoms with Crippen LogP contribution in [0.25, 0.3) is 0 Å². The van der Waals surface area contributed by atoms with E-state index < -0.39 is 5.97 Å². The van der Waals surface area contributed by atoms with E-state index in [-0.39, 0.29) is 71.3 Å². The highest BCUT2D eigenvalue weighted by Crippen LogP contribution is 2.53. The van der Waals surface area contributed by atoms with Gasteiger partial charge in [0.05, 0.1) is 24.5 Å². The first-order chi connectivity index (χ1) is 14.1. The van der Waals surface area contributed by atoms with E-state index in [4.69, 9.17) is 5.73 Å². The number of carboxylic acids is 1. The van der Waals surface area contributed by atoms with E-state index in [1.54, 1.807) is 19.0 Å². The number of nitrogens with two attached hydrogens (primary N) is 1. The molecule has 3 heterocycles. The Labute approximate surface area is 180 Å². The van der Waals surface area contributed by atoms with Gasteiger partial charge < -0.3 is 26.0 Å². The van der Waals surface area contributed by atoms with Crippen molar-refractivity contribution in [1.82, 2.24) is 15.1 Å². The Morgan fingerprint density at radius 1 is 1.37 bits per heavy atom. The number of β-lactam (4-membered cyclic amide) rings is 1. The van der Waals surface area contributed by atoms with Crippen molar-refractivity contribution in [1.29, 1.82) is 0 Å². The van der Waals surface area contributed by atoms with E-state index >= 15 is 0 Å². The van der Waals surface area contributed by atoms with Gasteiger partial charge in [-0.3, -0.25) is 14.4 Å². The third-order valence-electron chi connectivity index (χ3n) is 6.30. The van der Waals surface area contributed by atoms with Crippen LogP contribution < -0.4 is 11.1 Å². The first kappa shape index (κ1) is 22.8. The predicted molar refractivity (Wildman–Crippen MR) is 112 cm³/mol. The van der Waals surface area contributed by atoms with Gasteiger partial charge in [0, 0.05) is 43.1 Å². The summed E-state index contributed by atoms with van der Waals surface area (Å²) >= 11 is 1.46. The molecule has 9 nitrogen and oxygen atoms in total. The van der Waals surface area contributed by atoms with Gasteiger partial charge in [0.15, 0.2) is 0 Å². The summed E-state index contributed by atoms with van der Waals surface area (Å²) in [4.78, 5) is 52.4. The van der Waals surface area contributed by atoms with E-state index in [1.165, 1.54) is 16.7 Å². The second-order valence-corrected chi connectivity index (χ2v) is 9.97. The van der Waals surface area contributed by atoms with Crippen molar-refractivity contribution in [3.05, 3.63) is 10.6 Å². The number of carbonyl (C=O) groups excluding carboxylic acids is 3. The molecule has 2 saturated heterocycles. The minimum Gasteiger partial charge on any atom is -0.477 e. The number of hydrogen-bond acceptors (Lipinski definition) is 7. The number of fused-ring (bicyclic) bond motifs is 1. The topological polar surface area (TPSA) is 133 Å². The van der Waals surface area contributed by atoms with Crippen LogP contribution in [-0.2, 0) is 19.2 Å². The van der Waals surface area contributed by atoms with Crippen molar-refractivity contribution in [3.8, 4) is 0 Å². The molecular formula is C20H30N4O5S. The van der Waals surface area contributed by atoms with E-state index in [2.05, 4.69) is 5.32 Å². The lowest BCUT2D eigenvalue weighted by Gasteiger charge is -2.47. The summed E-state index contributed by atoms with van der Waals surface area (Å²) in [6, 6.07) is -0.531. The fourth-order valence-corrected chi connectivity index (χ4v) is 6.29. The average molecular weight is 439 g/mol. The van der Waals surface area contributed by atoms with E-state index in [1.807, 2.05) is 13.8 Å². The Balaban J connectivity index is 1.76. The van der Waals surface area contributed by atoms with Crippen molar-refractivity contribution in [2.75, 3.05) is 27.2 Å². The molecule has 0 spiro atoms. The van der Waals surface area contributed by atoms with Gasteiger partial charge in [-0.05, 0) is 12.3 Å². The molecule has 0 saturated carbocycles. The molecule has 0 bridgehead atoms. The summed E-state index contributed by atoms with van der Waals surface area (Å²) in [5.41, 5.74) is 5.46. The summed E-state index contributed by atoms with van der Waals surface area (Å²) in [6.07, 6.45) is 0.823. The first-order valence-electron chi connectivity index (χ1n) is 10.2. The monoisotopic (exact) mass is 438 g/mol. The highest BCUT2D eigenvalue weighted by molar-refractivity contribution is 8.03. The molecule has 4 N–H and O–H groups in total. The van der Waals surface area contributed by atoms with Gasteiger partial charge in [0.25, 0.3) is 0 Å². The zero-order valence-corrected chi connectivity index (χ0v) is 18.6. The molecule has 0 radical (unpaired) electrons.